The maximum absolute atomic E-state index is 13.4. The predicted octanol–water partition coefficient (Wildman–Crippen LogP) is 4.51. The van der Waals surface area contributed by atoms with Crippen molar-refractivity contribution >= 4 is 15.9 Å². The zero-order valence-corrected chi connectivity index (χ0v) is 20.3. The van der Waals surface area contributed by atoms with Crippen molar-refractivity contribution in [1.29, 1.82) is 0 Å². The predicted molar refractivity (Wildman–Crippen MR) is 129 cm³/mol. The molecular formula is C26H32N2O4S. The van der Waals surface area contributed by atoms with Gasteiger partial charge in [0.1, 0.15) is 11.5 Å². The lowest BCUT2D eigenvalue weighted by Gasteiger charge is -2.28. The van der Waals surface area contributed by atoms with E-state index in [0.29, 0.717) is 25.3 Å². The molecule has 0 spiro atoms. The Balaban J connectivity index is 1.82. The molecule has 0 aliphatic heterocycles. The van der Waals surface area contributed by atoms with Gasteiger partial charge in [-0.1, -0.05) is 62.4 Å². The molecular weight excluding hydrogens is 436 g/mol. The summed E-state index contributed by atoms with van der Waals surface area (Å²) >= 11 is 0. The number of furan rings is 1. The summed E-state index contributed by atoms with van der Waals surface area (Å²) in [5.41, 5.74) is 1.11. The van der Waals surface area contributed by atoms with Crippen LogP contribution >= 0.6 is 0 Å². The quantitative estimate of drug-likeness (QED) is 0.415. The standard InChI is InChI=1S/C26H32N2O4S/c1-21(2)18-28(33(30,31)25-12-8-5-9-13-25)20-26(29)27(19-24-15-14-22(3)32-24)17-16-23-10-6-4-7-11-23/h4-15,21H,16-20H2,1-3H3. The molecule has 33 heavy (non-hydrogen) atoms. The van der Waals surface area contributed by atoms with E-state index in [9.17, 15) is 13.2 Å². The Morgan fingerprint density at radius 1 is 0.939 bits per heavy atom. The zero-order valence-electron chi connectivity index (χ0n) is 19.5. The average Bonchev–Trinajstić information content (AvgIpc) is 3.21. The van der Waals surface area contributed by atoms with Crippen LogP contribution in [0, 0.1) is 12.8 Å². The Morgan fingerprint density at radius 2 is 1.58 bits per heavy atom. The Hall–Kier alpha value is -2.90. The molecule has 0 N–H and O–H groups in total. The number of aryl methyl sites for hydroxylation is 1. The lowest BCUT2D eigenvalue weighted by molar-refractivity contribution is -0.132. The highest BCUT2D eigenvalue weighted by Gasteiger charge is 2.29. The number of rotatable bonds is 11. The van der Waals surface area contributed by atoms with Gasteiger partial charge in [-0.05, 0) is 49.1 Å². The van der Waals surface area contributed by atoms with Gasteiger partial charge in [0.05, 0.1) is 18.0 Å². The van der Waals surface area contributed by atoms with Gasteiger partial charge in [-0.2, -0.15) is 4.31 Å². The topological polar surface area (TPSA) is 70.8 Å². The van der Waals surface area contributed by atoms with E-state index in [1.807, 2.05) is 63.2 Å². The first-order valence-electron chi connectivity index (χ1n) is 11.2. The summed E-state index contributed by atoms with van der Waals surface area (Å²) in [7, 11) is -3.80. The van der Waals surface area contributed by atoms with Gasteiger partial charge < -0.3 is 9.32 Å². The van der Waals surface area contributed by atoms with Gasteiger partial charge in [0.2, 0.25) is 15.9 Å². The van der Waals surface area contributed by atoms with Gasteiger partial charge in [-0.3, -0.25) is 4.79 Å². The summed E-state index contributed by atoms with van der Waals surface area (Å²) in [6, 6.07) is 21.9. The van der Waals surface area contributed by atoms with E-state index in [1.54, 1.807) is 35.2 Å². The van der Waals surface area contributed by atoms with Crippen LogP contribution in [0.5, 0.6) is 0 Å². The lowest BCUT2D eigenvalue weighted by atomic mass is 10.1. The molecule has 1 heterocycles. The second kappa shape index (κ2) is 11.3. The van der Waals surface area contributed by atoms with Crippen LogP contribution < -0.4 is 0 Å². The van der Waals surface area contributed by atoms with Crippen molar-refractivity contribution in [3.63, 3.8) is 0 Å². The van der Waals surface area contributed by atoms with E-state index < -0.39 is 10.0 Å². The second-order valence-electron chi connectivity index (χ2n) is 8.57. The first-order valence-corrected chi connectivity index (χ1v) is 12.6. The Bertz CT molecular complexity index is 1130. The molecule has 1 amide bonds. The van der Waals surface area contributed by atoms with Gasteiger partial charge in [0.25, 0.3) is 0 Å². The summed E-state index contributed by atoms with van der Waals surface area (Å²) in [6.45, 7) is 6.53. The van der Waals surface area contributed by atoms with Gasteiger partial charge in [-0.25, -0.2) is 8.42 Å². The molecule has 0 bridgehead atoms. The van der Waals surface area contributed by atoms with Crippen LogP contribution in [0.25, 0.3) is 0 Å². The minimum absolute atomic E-state index is 0.0711. The number of benzene rings is 2. The van der Waals surface area contributed by atoms with Crippen molar-refractivity contribution in [2.24, 2.45) is 5.92 Å². The summed E-state index contributed by atoms with van der Waals surface area (Å²) in [6.07, 6.45) is 0.669. The monoisotopic (exact) mass is 468 g/mol. The summed E-state index contributed by atoms with van der Waals surface area (Å²) in [5, 5.41) is 0. The van der Waals surface area contributed by atoms with Gasteiger partial charge in [0.15, 0.2) is 0 Å². The third-order valence-electron chi connectivity index (χ3n) is 5.27. The maximum atomic E-state index is 13.4. The van der Waals surface area contributed by atoms with Crippen LogP contribution in [0.3, 0.4) is 0 Å². The number of carbonyl (C=O) groups is 1. The summed E-state index contributed by atoms with van der Waals surface area (Å²) < 4.78 is 33.6. The van der Waals surface area contributed by atoms with Gasteiger partial charge in [-0.15, -0.1) is 0 Å². The normalized spacial score (nSPS) is 11.8. The van der Waals surface area contributed by atoms with Crippen LogP contribution in [-0.4, -0.2) is 43.2 Å². The molecule has 2 aromatic carbocycles. The molecule has 0 unspecified atom stereocenters. The summed E-state index contributed by atoms with van der Waals surface area (Å²) in [4.78, 5) is 15.3. The molecule has 6 nitrogen and oxygen atoms in total. The van der Waals surface area contributed by atoms with Gasteiger partial charge >= 0.3 is 0 Å². The number of sulfonamides is 1. The van der Waals surface area contributed by atoms with Crippen molar-refractivity contribution in [2.75, 3.05) is 19.6 Å². The van der Waals surface area contributed by atoms with Crippen LogP contribution in [0.1, 0.15) is 30.9 Å². The van der Waals surface area contributed by atoms with Crippen LogP contribution in [-0.2, 0) is 27.8 Å². The number of carbonyl (C=O) groups excluding carboxylic acids is 1. The molecule has 0 saturated heterocycles. The number of nitrogens with zero attached hydrogens (tertiary/aromatic N) is 2. The van der Waals surface area contributed by atoms with E-state index in [-0.39, 0.29) is 29.8 Å². The minimum Gasteiger partial charge on any atom is -0.464 e. The van der Waals surface area contributed by atoms with Crippen molar-refractivity contribution in [1.82, 2.24) is 9.21 Å². The Morgan fingerprint density at radius 3 is 2.15 bits per heavy atom. The van der Waals surface area contributed by atoms with Crippen LogP contribution in [0.4, 0.5) is 0 Å². The fourth-order valence-corrected chi connectivity index (χ4v) is 5.18. The molecule has 7 heteroatoms. The van der Waals surface area contributed by atoms with E-state index in [0.717, 1.165) is 11.3 Å². The van der Waals surface area contributed by atoms with Crippen LogP contribution in [0.15, 0.2) is 82.1 Å². The Kier molecular flexibility index (Phi) is 8.47. The number of hydrogen-bond acceptors (Lipinski definition) is 4. The van der Waals surface area contributed by atoms with E-state index >= 15 is 0 Å². The second-order valence-corrected chi connectivity index (χ2v) is 10.5. The fourth-order valence-electron chi connectivity index (χ4n) is 3.61. The fraction of sp³-hybridized carbons (Fsp3) is 0.346. The molecule has 176 valence electrons. The molecule has 0 aliphatic carbocycles. The number of amides is 1. The minimum atomic E-state index is -3.80. The lowest BCUT2D eigenvalue weighted by Crippen LogP contribution is -2.44. The SMILES string of the molecule is Cc1ccc(CN(CCc2ccccc2)C(=O)CN(CC(C)C)S(=O)(=O)c2ccccc2)o1. The van der Waals surface area contributed by atoms with E-state index in [2.05, 4.69) is 0 Å². The molecule has 0 saturated carbocycles. The third-order valence-corrected chi connectivity index (χ3v) is 7.10. The third kappa shape index (κ3) is 7.04. The van der Waals surface area contributed by atoms with Crippen molar-refractivity contribution < 1.29 is 17.6 Å². The molecule has 0 aliphatic rings. The van der Waals surface area contributed by atoms with Crippen molar-refractivity contribution in [3.8, 4) is 0 Å². The van der Waals surface area contributed by atoms with Crippen molar-refractivity contribution in [2.45, 2.75) is 38.6 Å². The highest BCUT2D eigenvalue weighted by Crippen LogP contribution is 2.18. The van der Waals surface area contributed by atoms with Crippen LogP contribution in [0.2, 0.25) is 0 Å². The molecule has 3 rings (SSSR count). The average molecular weight is 469 g/mol. The van der Waals surface area contributed by atoms with E-state index in [1.165, 1.54) is 4.31 Å². The molecule has 1 aromatic heterocycles. The molecule has 0 radical (unpaired) electrons. The highest BCUT2D eigenvalue weighted by molar-refractivity contribution is 7.89. The highest BCUT2D eigenvalue weighted by atomic mass is 32.2. The maximum Gasteiger partial charge on any atom is 0.243 e. The first-order chi connectivity index (χ1) is 15.8. The molecule has 0 fully saturated rings. The number of hydrogen-bond donors (Lipinski definition) is 0. The zero-order chi connectivity index (χ0) is 23.8. The summed E-state index contributed by atoms with van der Waals surface area (Å²) in [5.74, 6) is 1.27. The smallest absolute Gasteiger partial charge is 0.243 e. The molecule has 0 atom stereocenters. The first kappa shape index (κ1) is 24.7. The van der Waals surface area contributed by atoms with Crippen molar-refractivity contribution in [3.05, 3.63) is 89.9 Å². The Labute approximate surface area is 196 Å². The van der Waals surface area contributed by atoms with E-state index in [4.69, 9.17) is 4.42 Å². The van der Waals surface area contributed by atoms with Gasteiger partial charge in [0, 0.05) is 13.1 Å². The largest absolute Gasteiger partial charge is 0.464 e. The molecule has 3 aromatic rings.